The number of phenols is 1. The van der Waals surface area contributed by atoms with Gasteiger partial charge in [0.25, 0.3) is 0 Å². The van der Waals surface area contributed by atoms with Crippen molar-refractivity contribution in [2.24, 2.45) is 5.92 Å². The highest BCUT2D eigenvalue weighted by Crippen LogP contribution is 2.47. The highest BCUT2D eigenvalue weighted by atomic mass is 16.5. The fourth-order valence-corrected chi connectivity index (χ4v) is 4.00. The molecule has 2 N–H and O–H groups in total. The van der Waals surface area contributed by atoms with Crippen LogP contribution >= 0.6 is 0 Å². The van der Waals surface area contributed by atoms with Gasteiger partial charge in [-0.25, -0.2) is 0 Å². The van der Waals surface area contributed by atoms with Gasteiger partial charge in [0.2, 0.25) is 0 Å². The topological polar surface area (TPSA) is 66.8 Å². The Balaban J connectivity index is 2.42. The highest BCUT2D eigenvalue weighted by molar-refractivity contribution is 5.66. The van der Waals surface area contributed by atoms with Crippen molar-refractivity contribution in [3.05, 3.63) is 47.1 Å². The first kappa shape index (κ1) is 22.1. The van der Waals surface area contributed by atoms with E-state index in [1.807, 2.05) is 19.1 Å². The second-order valence-electron chi connectivity index (χ2n) is 8.01. The van der Waals surface area contributed by atoms with Gasteiger partial charge in [0.1, 0.15) is 11.5 Å². The molecule has 28 heavy (non-hydrogen) atoms. The molecular formula is C24H34O4. The van der Waals surface area contributed by atoms with Crippen molar-refractivity contribution >= 4 is 5.97 Å². The third kappa shape index (κ3) is 5.88. The quantitative estimate of drug-likeness (QED) is 0.382. The Hall–Kier alpha value is -2.23. The molecule has 0 saturated carbocycles. The lowest BCUT2D eigenvalue weighted by atomic mass is 9.73. The van der Waals surface area contributed by atoms with Crippen LogP contribution in [0, 0.1) is 5.92 Å². The van der Waals surface area contributed by atoms with E-state index < -0.39 is 5.97 Å². The van der Waals surface area contributed by atoms with Crippen LogP contribution in [0.25, 0.3) is 0 Å². The molecule has 4 nitrogen and oxygen atoms in total. The molecule has 2 atom stereocenters. The summed E-state index contributed by atoms with van der Waals surface area (Å²) in [4.78, 5) is 10.9. The summed E-state index contributed by atoms with van der Waals surface area (Å²) in [5, 5.41) is 19.9. The molecule has 0 aromatic heterocycles. The molecule has 0 radical (unpaired) electrons. The van der Waals surface area contributed by atoms with Crippen LogP contribution in [0.15, 0.2) is 35.9 Å². The maximum Gasteiger partial charge on any atom is 0.306 e. The maximum atomic E-state index is 10.9. The number of unbranched alkanes of at least 4 members (excludes halogenated alkanes) is 2. The molecule has 4 heteroatoms. The Kier molecular flexibility index (Phi) is 8.16. The first-order chi connectivity index (χ1) is 13.3. The largest absolute Gasteiger partial charge is 0.507 e. The zero-order valence-corrected chi connectivity index (χ0v) is 17.5. The van der Waals surface area contributed by atoms with Crippen molar-refractivity contribution in [3.63, 3.8) is 0 Å². The molecule has 0 saturated heterocycles. The predicted molar refractivity (Wildman–Crippen MR) is 113 cm³/mol. The van der Waals surface area contributed by atoms with E-state index in [1.165, 1.54) is 5.57 Å². The summed E-state index contributed by atoms with van der Waals surface area (Å²) in [5.41, 5.74) is 4.18. The van der Waals surface area contributed by atoms with Crippen LogP contribution in [0.5, 0.6) is 11.5 Å². The van der Waals surface area contributed by atoms with Crippen LogP contribution in [0.4, 0.5) is 0 Å². The van der Waals surface area contributed by atoms with E-state index in [2.05, 4.69) is 26.5 Å². The average Bonchev–Trinajstić information content (AvgIpc) is 2.61. The van der Waals surface area contributed by atoms with Gasteiger partial charge in [-0.3, -0.25) is 4.79 Å². The van der Waals surface area contributed by atoms with Crippen LogP contribution in [0.3, 0.4) is 0 Å². The number of benzene rings is 1. The van der Waals surface area contributed by atoms with Crippen molar-refractivity contribution in [3.8, 4) is 11.5 Å². The first-order valence-corrected chi connectivity index (χ1v) is 10.4. The number of aryl methyl sites for hydroxylation is 1. The van der Waals surface area contributed by atoms with Gasteiger partial charge in [0.05, 0.1) is 13.0 Å². The van der Waals surface area contributed by atoms with Crippen molar-refractivity contribution in [1.82, 2.24) is 0 Å². The predicted octanol–water partition coefficient (Wildman–Crippen LogP) is 5.99. The Morgan fingerprint density at radius 1 is 1.32 bits per heavy atom. The van der Waals surface area contributed by atoms with Gasteiger partial charge in [-0.15, -0.1) is 0 Å². The van der Waals surface area contributed by atoms with E-state index in [0.29, 0.717) is 5.75 Å². The number of aliphatic carboxylic acids is 1. The molecule has 154 valence electrons. The third-order valence-corrected chi connectivity index (χ3v) is 5.54. The first-order valence-electron chi connectivity index (χ1n) is 10.4. The van der Waals surface area contributed by atoms with E-state index >= 15 is 0 Å². The fourth-order valence-electron chi connectivity index (χ4n) is 4.00. The zero-order chi connectivity index (χ0) is 20.7. The lowest BCUT2D eigenvalue weighted by molar-refractivity contribution is -0.137. The Bertz CT molecular complexity index is 732. The zero-order valence-electron chi connectivity index (χ0n) is 17.5. The number of hydrogen-bond acceptors (Lipinski definition) is 3. The SMILES string of the molecule is C=C(C)C1CCC(C)=C[C@@H]1c1c(O)cc(CCCCC)cc1OCCC(=O)O. The minimum absolute atomic E-state index is 0.00392. The molecule has 1 aliphatic rings. The van der Waals surface area contributed by atoms with Crippen molar-refractivity contribution in [1.29, 1.82) is 0 Å². The maximum absolute atomic E-state index is 10.9. The van der Waals surface area contributed by atoms with Gasteiger partial charge >= 0.3 is 5.97 Å². The molecule has 2 rings (SSSR count). The van der Waals surface area contributed by atoms with Crippen LogP contribution in [0.1, 0.15) is 76.3 Å². The number of ether oxygens (including phenoxy) is 1. The minimum Gasteiger partial charge on any atom is -0.507 e. The standard InChI is InChI=1S/C24H34O4/c1-5-6-7-8-18-14-21(25)24(22(15-18)28-12-11-23(26)27)20-13-17(4)9-10-19(20)16(2)3/h13-15,19-20,25H,2,5-12H2,1,3-4H3,(H,26,27)/t19?,20-/m0/s1. The summed E-state index contributed by atoms with van der Waals surface area (Å²) >= 11 is 0. The van der Waals surface area contributed by atoms with E-state index in [-0.39, 0.29) is 30.6 Å². The summed E-state index contributed by atoms with van der Waals surface area (Å²) < 4.78 is 5.89. The normalized spacial score (nSPS) is 19.2. The van der Waals surface area contributed by atoms with Crippen LogP contribution in [-0.2, 0) is 11.2 Å². The summed E-state index contributed by atoms with van der Waals surface area (Å²) in [6.45, 7) is 10.6. The number of aromatic hydroxyl groups is 1. The second kappa shape index (κ2) is 10.4. The van der Waals surface area contributed by atoms with Gasteiger partial charge in [-0.1, -0.05) is 43.6 Å². The molecule has 1 aromatic carbocycles. The molecule has 0 fully saturated rings. The summed E-state index contributed by atoms with van der Waals surface area (Å²) in [7, 11) is 0. The number of carboxylic acids is 1. The summed E-state index contributed by atoms with van der Waals surface area (Å²) in [6.07, 6.45) is 8.37. The van der Waals surface area contributed by atoms with E-state index in [4.69, 9.17) is 9.84 Å². The van der Waals surface area contributed by atoms with Crippen molar-refractivity contribution < 1.29 is 19.7 Å². The molecule has 0 spiro atoms. The van der Waals surface area contributed by atoms with E-state index in [1.54, 1.807) is 0 Å². The molecule has 0 heterocycles. The molecule has 0 bridgehead atoms. The lowest BCUT2D eigenvalue weighted by Gasteiger charge is -2.32. The van der Waals surface area contributed by atoms with Crippen LogP contribution in [0.2, 0.25) is 0 Å². The monoisotopic (exact) mass is 386 g/mol. The number of hydrogen-bond donors (Lipinski definition) is 2. The van der Waals surface area contributed by atoms with Crippen LogP contribution < -0.4 is 4.74 Å². The van der Waals surface area contributed by atoms with Gasteiger partial charge < -0.3 is 14.9 Å². The Morgan fingerprint density at radius 3 is 2.71 bits per heavy atom. The molecular weight excluding hydrogens is 352 g/mol. The second-order valence-corrected chi connectivity index (χ2v) is 8.01. The van der Waals surface area contributed by atoms with Gasteiger partial charge in [-0.05, 0) is 63.1 Å². The van der Waals surface area contributed by atoms with E-state index in [9.17, 15) is 9.90 Å². The highest BCUT2D eigenvalue weighted by Gasteiger charge is 2.30. The van der Waals surface area contributed by atoms with Gasteiger partial charge in [-0.2, -0.15) is 0 Å². The molecule has 1 aliphatic carbocycles. The molecule has 0 amide bonds. The number of carbonyl (C=O) groups is 1. The molecule has 0 aliphatic heterocycles. The fraction of sp³-hybridized carbons (Fsp3) is 0.542. The average molecular weight is 387 g/mol. The smallest absolute Gasteiger partial charge is 0.306 e. The number of phenolic OH excluding ortho intramolecular Hbond substituents is 1. The summed E-state index contributed by atoms with van der Waals surface area (Å²) in [5.74, 6) is 0.188. The number of rotatable bonds is 10. The van der Waals surface area contributed by atoms with E-state index in [0.717, 1.165) is 55.2 Å². The minimum atomic E-state index is -0.891. The lowest BCUT2D eigenvalue weighted by Crippen LogP contribution is -2.18. The third-order valence-electron chi connectivity index (χ3n) is 5.54. The van der Waals surface area contributed by atoms with Gasteiger partial charge in [0, 0.05) is 11.5 Å². The molecule has 1 aromatic rings. The summed E-state index contributed by atoms with van der Waals surface area (Å²) in [6, 6.07) is 3.84. The number of allylic oxidation sites excluding steroid dienone is 3. The Labute approximate surface area is 168 Å². The molecule has 1 unspecified atom stereocenters. The van der Waals surface area contributed by atoms with Crippen molar-refractivity contribution in [2.75, 3.05) is 6.61 Å². The van der Waals surface area contributed by atoms with Gasteiger partial charge in [0.15, 0.2) is 0 Å². The number of carboxylic acid groups (broad SMARTS) is 1. The Morgan fingerprint density at radius 2 is 2.07 bits per heavy atom. The van der Waals surface area contributed by atoms with Crippen LogP contribution in [-0.4, -0.2) is 22.8 Å². The van der Waals surface area contributed by atoms with Crippen molar-refractivity contribution in [2.45, 2.75) is 71.6 Å².